The average molecular weight is 537 g/mol. The minimum atomic E-state index is 0.895. The van der Waals surface area contributed by atoms with Crippen LogP contribution in [0.5, 0.6) is 0 Å². The Balaban J connectivity index is 1.37. The first-order valence-electron chi connectivity index (χ1n) is 14.2. The predicted molar refractivity (Wildman–Crippen MR) is 173 cm³/mol. The molecule has 3 aromatic heterocycles. The zero-order valence-corrected chi connectivity index (χ0v) is 22.6. The molecule has 0 spiro atoms. The molecule has 0 bridgehead atoms. The number of para-hydroxylation sites is 1. The molecule has 0 amide bonds. The molecule has 0 saturated heterocycles. The fraction of sp³-hybridized carbons (Fsp3) is 0. The molecule has 4 heterocycles. The summed E-state index contributed by atoms with van der Waals surface area (Å²) in [4.78, 5) is 11.9. The highest BCUT2D eigenvalue weighted by Gasteiger charge is 2.30. The second kappa shape index (κ2) is 8.88. The van der Waals surface area contributed by atoms with Crippen LogP contribution in [0.2, 0.25) is 0 Å². The van der Waals surface area contributed by atoms with Gasteiger partial charge in [0.25, 0.3) is 0 Å². The molecule has 0 fully saturated rings. The summed E-state index contributed by atoms with van der Waals surface area (Å²) in [7, 11) is 0. The average Bonchev–Trinajstić information content (AvgIpc) is 3.41. The first-order valence-corrected chi connectivity index (χ1v) is 14.2. The van der Waals surface area contributed by atoms with Crippen LogP contribution in [0.4, 0.5) is 17.1 Å². The molecule has 0 unspecified atom stereocenters. The summed E-state index contributed by atoms with van der Waals surface area (Å²) < 4.78 is 2.29. The number of nitrogens with zero attached hydrogens (tertiary/aromatic N) is 4. The molecule has 4 heteroatoms. The first kappa shape index (κ1) is 23.0. The third-order valence-electron chi connectivity index (χ3n) is 8.44. The Bertz CT molecular complexity index is 2280. The van der Waals surface area contributed by atoms with Gasteiger partial charge in [0.2, 0.25) is 0 Å². The van der Waals surface area contributed by atoms with Gasteiger partial charge in [-0.25, -0.2) is 4.98 Å². The lowest BCUT2D eigenvalue weighted by molar-refractivity contribution is 1.08. The fourth-order valence-corrected chi connectivity index (χ4v) is 6.66. The van der Waals surface area contributed by atoms with E-state index in [9.17, 15) is 0 Å². The molecule has 8 aromatic rings. The molecule has 0 aliphatic carbocycles. The molecule has 0 radical (unpaired) electrons. The van der Waals surface area contributed by atoms with Gasteiger partial charge in [0.05, 0.1) is 34.3 Å². The number of benzene rings is 5. The van der Waals surface area contributed by atoms with Crippen molar-refractivity contribution < 1.29 is 0 Å². The molecule has 196 valence electrons. The standard InChI is InChI=1S/C38H24N4/c1-2-9-25(10-3-1)27-18-21-35(40-23-27)42-32-16-5-4-14-31(32)37-34(42)20-19-30-29-15-6-11-26-12-7-17-33(36(26)29)41(38(30)37)28-13-8-22-39-24-28/h1-24H. The zero-order valence-electron chi connectivity index (χ0n) is 22.6. The zero-order chi connectivity index (χ0) is 27.6. The highest BCUT2D eigenvalue weighted by Crippen LogP contribution is 2.54. The van der Waals surface area contributed by atoms with Gasteiger partial charge in [-0.1, -0.05) is 84.9 Å². The van der Waals surface area contributed by atoms with Crippen LogP contribution in [0.1, 0.15) is 0 Å². The molecule has 9 rings (SSSR count). The van der Waals surface area contributed by atoms with Crippen molar-refractivity contribution >= 4 is 49.6 Å². The van der Waals surface area contributed by atoms with E-state index in [0.717, 1.165) is 33.7 Å². The van der Waals surface area contributed by atoms with Gasteiger partial charge < -0.3 is 4.90 Å². The largest absolute Gasteiger partial charge is 0.307 e. The van der Waals surface area contributed by atoms with E-state index in [1.807, 2.05) is 30.7 Å². The summed E-state index contributed by atoms with van der Waals surface area (Å²) in [5.41, 5.74) is 10.3. The van der Waals surface area contributed by atoms with E-state index in [1.165, 1.54) is 44.0 Å². The number of hydrogen-bond acceptors (Lipinski definition) is 3. The number of rotatable bonds is 3. The maximum absolute atomic E-state index is 4.99. The molecule has 0 N–H and O–H groups in total. The smallest absolute Gasteiger partial charge is 0.137 e. The number of fused-ring (bicyclic) bond motifs is 6. The highest BCUT2D eigenvalue weighted by atomic mass is 15.2. The summed E-state index contributed by atoms with van der Waals surface area (Å²) >= 11 is 0. The van der Waals surface area contributed by atoms with Gasteiger partial charge in [-0.2, -0.15) is 0 Å². The van der Waals surface area contributed by atoms with E-state index in [-0.39, 0.29) is 0 Å². The second-order valence-corrected chi connectivity index (χ2v) is 10.7. The highest BCUT2D eigenvalue weighted by molar-refractivity contribution is 6.24. The van der Waals surface area contributed by atoms with Crippen molar-refractivity contribution in [1.82, 2.24) is 14.5 Å². The third-order valence-corrected chi connectivity index (χ3v) is 8.44. The van der Waals surface area contributed by atoms with Crippen LogP contribution in [0.25, 0.3) is 60.6 Å². The monoisotopic (exact) mass is 536 g/mol. The van der Waals surface area contributed by atoms with Crippen molar-refractivity contribution in [2.45, 2.75) is 0 Å². The molecule has 1 aliphatic heterocycles. The Morgan fingerprint density at radius 1 is 0.524 bits per heavy atom. The second-order valence-electron chi connectivity index (χ2n) is 10.7. The molecule has 42 heavy (non-hydrogen) atoms. The molecule has 1 aliphatic rings. The minimum absolute atomic E-state index is 0.895. The van der Waals surface area contributed by atoms with Gasteiger partial charge in [-0.15, -0.1) is 0 Å². The van der Waals surface area contributed by atoms with E-state index in [2.05, 4.69) is 130 Å². The van der Waals surface area contributed by atoms with E-state index >= 15 is 0 Å². The Labute approximate surface area is 242 Å². The fourth-order valence-electron chi connectivity index (χ4n) is 6.66. The Kier molecular flexibility index (Phi) is 4.87. The third kappa shape index (κ3) is 3.23. The van der Waals surface area contributed by atoms with Crippen molar-refractivity contribution in [3.05, 3.63) is 146 Å². The summed E-state index contributed by atoms with van der Waals surface area (Å²) in [6, 6.07) is 45.2. The number of pyridine rings is 2. The number of hydrogen-bond donors (Lipinski definition) is 0. The lowest BCUT2D eigenvalue weighted by Crippen LogP contribution is -2.15. The van der Waals surface area contributed by atoms with Gasteiger partial charge >= 0.3 is 0 Å². The lowest BCUT2D eigenvalue weighted by atomic mass is 9.89. The molecular weight excluding hydrogens is 512 g/mol. The van der Waals surface area contributed by atoms with Gasteiger partial charge in [0.1, 0.15) is 5.82 Å². The van der Waals surface area contributed by atoms with Crippen molar-refractivity contribution in [2.75, 3.05) is 4.90 Å². The van der Waals surface area contributed by atoms with Gasteiger partial charge in [-0.3, -0.25) is 9.55 Å². The molecule has 4 nitrogen and oxygen atoms in total. The van der Waals surface area contributed by atoms with Crippen molar-refractivity contribution in [1.29, 1.82) is 0 Å². The van der Waals surface area contributed by atoms with E-state index in [1.54, 1.807) is 0 Å². The first-order chi connectivity index (χ1) is 20.9. The summed E-state index contributed by atoms with van der Waals surface area (Å²) in [6.07, 6.45) is 5.76. The van der Waals surface area contributed by atoms with E-state index < -0.39 is 0 Å². The quantitative estimate of drug-likeness (QED) is 0.225. The SMILES string of the molecule is c1ccc(-c2ccc(-n3c4ccccc4c4c5c(ccc43)-c3cccc4cccc(c34)N5c3cccnc3)nc2)cc1. The number of anilines is 3. The van der Waals surface area contributed by atoms with Crippen molar-refractivity contribution in [3.8, 4) is 28.1 Å². The Hall–Kier alpha value is -5.74. The van der Waals surface area contributed by atoms with Gasteiger partial charge in [0, 0.05) is 39.7 Å². The van der Waals surface area contributed by atoms with Crippen LogP contribution in [0.15, 0.2) is 146 Å². The topological polar surface area (TPSA) is 34.0 Å². The van der Waals surface area contributed by atoms with Crippen molar-refractivity contribution in [3.63, 3.8) is 0 Å². The van der Waals surface area contributed by atoms with E-state index in [4.69, 9.17) is 4.98 Å². The molecular formula is C38H24N4. The normalized spacial score (nSPS) is 12.2. The lowest BCUT2D eigenvalue weighted by Gasteiger charge is -2.34. The van der Waals surface area contributed by atoms with Crippen LogP contribution in [0, 0.1) is 0 Å². The van der Waals surface area contributed by atoms with Gasteiger partial charge in [0.15, 0.2) is 0 Å². The summed E-state index contributed by atoms with van der Waals surface area (Å²) in [5, 5.41) is 4.89. The Morgan fingerprint density at radius 3 is 2.21 bits per heavy atom. The summed E-state index contributed by atoms with van der Waals surface area (Å²) in [6.45, 7) is 0. The van der Waals surface area contributed by atoms with E-state index in [0.29, 0.717) is 0 Å². The van der Waals surface area contributed by atoms with Crippen LogP contribution >= 0.6 is 0 Å². The van der Waals surface area contributed by atoms with Crippen LogP contribution in [0.3, 0.4) is 0 Å². The number of aromatic nitrogens is 3. The Morgan fingerprint density at radius 2 is 1.38 bits per heavy atom. The minimum Gasteiger partial charge on any atom is -0.307 e. The molecule has 5 aromatic carbocycles. The molecule has 0 atom stereocenters. The molecule has 0 saturated carbocycles. The van der Waals surface area contributed by atoms with Crippen LogP contribution in [-0.4, -0.2) is 14.5 Å². The predicted octanol–water partition coefficient (Wildman–Crippen LogP) is 9.84. The van der Waals surface area contributed by atoms with Crippen LogP contribution < -0.4 is 4.90 Å². The maximum atomic E-state index is 4.99. The van der Waals surface area contributed by atoms with Crippen molar-refractivity contribution in [2.24, 2.45) is 0 Å². The maximum Gasteiger partial charge on any atom is 0.137 e. The summed E-state index contributed by atoms with van der Waals surface area (Å²) in [5.74, 6) is 0.895. The van der Waals surface area contributed by atoms with Gasteiger partial charge in [-0.05, 0) is 59.0 Å². The van der Waals surface area contributed by atoms with Crippen LogP contribution in [-0.2, 0) is 0 Å².